The fraction of sp³-hybridized carbons (Fsp3) is 0.727. The molecule has 1 aliphatic rings. The van der Waals surface area contributed by atoms with E-state index in [1.807, 2.05) is 6.92 Å². The number of likely N-dealkylation sites (tertiary alicyclic amines) is 1. The highest BCUT2D eigenvalue weighted by Gasteiger charge is 2.25. The van der Waals surface area contributed by atoms with Gasteiger partial charge in [-0.15, -0.1) is 11.3 Å². The van der Waals surface area contributed by atoms with Crippen LogP contribution in [0.1, 0.15) is 34.0 Å². The van der Waals surface area contributed by atoms with Gasteiger partial charge in [-0.2, -0.15) is 0 Å². The molecule has 0 aliphatic carbocycles. The summed E-state index contributed by atoms with van der Waals surface area (Å²) in [6.07, 6.45) is 0.618. The van der Waals surface area contributed by atoms with E-state index >= 15 is 0 Å². The maximum atomic E-state index is 9.75. The molecule has 90 valence electrons. The van der Waals surface area contributed by atoms with Crippen molar-refractivity contribution in [2.24, 2.45) is 5.73 Å². The van der Waals surface area contributed by atoms with E-state index in [1.165, 1.54) is 6.42 Å². The van der Waals surface area contributed by atoms with E-state index in [4.69, 9.17) is 5.73 Å². The Bertz CT molecular complexity index is 366. The fourth-order valence-electron chi connectivity index (χ4n) is 2.16. The summed E-state index contributed by atoms with van der Waals surface area (Å²) in [5.41, 5.74) is 6.42. The lowest BCUT2D eigenvalue weighted by molar-refractivity contribution is 0.189. The molecule has 1 saturated heterocycles. The standard InChI is InChI=1S/C11H19N3OS/c1-7-10(9(15)5-12)16-11(13-7)8-3-4-14(2)6-8/h8-9,15H,3-6,12H2,1-2H3. The zero-order chi connectivity index (χ0) is 11.7. The van der Waals surface area contributed by atoms with E-state index in [9.17, 15) is 5.11 Å². The molecule has 0 amide bonds. The SMILES string of the molecule is Cc1nc(C2CCN(C)C2)sc1C(O)CN. The van der Waals surface area contributed by atoms with Gasteiger partial charge in [0.2, 0.25) is 0 Å². The second kappa shape index (κ2) is 4.79. The van der Waals surface area contributed by atoms with Gasteiger partial charge in [0.15, 0.2) is 0 Å². The molecule has 0 radical (unpaired) electrons. The van der Waals surface area contributed by atoms with Crippen molar-refractivity contribution in [3.05, 3.63) is 15.6 Å². The molecule has 0 spiro atoms. The van der Waals surface area contributed by atoms with Gasteiger partial charge in [0.05, 0.1) is 15.6 Å². The van der Waals surface area contributed by atoms with Gasteiger partial charge in [0, 0.05) is 19.0 Å². The second-order valence-corrected chi connectivity index (χ2v) is 5.56. The van der Waals surface area contributed by atoms with Crippen LogP contribution in [-0.2, 0) is 0 Å². The molecule has 2 rings (SSSR count). The average Bonchev–Trinajstić information content (AvgIpc) is 2.83. The Labute approximate surface area is 100 Å². The zero-order valence-electron chi connectivity index (χ0n) is 9.81. The molecule has 5 heteroatoms. The molecule has 1 aliphatic heterocycles. The Morgan fingerprint density at radius 3 is 3.00 bits per heavy atom. The quantitative estimate of drug-likeness (QED) is 0.824. The number of rotatable bonds is 3. The summed E-state index contributed by atoms with van der Waals surface area (Å²) in [5.74, 6) is 0.535. The van der Waals surface area contributed by atoms with E-state index in [0.717, 1.165) is 28.7 Å². The smallest absolute Gasteiger partial charge is 0.102 e. The lowest BCUT2D eigenvalue weighted by atomic mass is 10.1. The second-order valence-electron chi connectivity index (χ2n) is 4.50. The third-order valence-electron chi connectivity index (χ3n) is 3.12. The number of aliphatic hydroxyl groups excluding tert-OH is 1. The van der Waals surface area contributed by atoms with Crippen LogP contribution >= 0.6 is 11.3 Å². The third-order valence-corrected chi connectivity index (χ3v) is 4.54. The van der Waals surface area contributed by atoms with Crippen molar-refractivity contribution >= 4 is 11.3 Å². The highest BCUT2D eigenvalue weighted by Crippen LogP contribution is 2.33. The summed E-state index contributed by atoms with van der Waals surface area (Å²) in [4.78, 5) is 7.83. The van der Waals surface area contributed by atoms with Crippen LogP contribution < -0.4 is 5.73 Å². The van der Waals surface area contributed by atoms with Crippen LogP contribution in [0.2, 0.25) is 0 Å². The van der Waals surface area contributed by atoms with Crippen LogP contribution in [0.4, 0.5) is 0 Å². The summed E-state index contributed by atoms with van der Waals surface area (Å²) < 4.78 is 0. The Morgan fingerprint density at radius 2 is 2.44 bits per heavy atom. The van der Waals surface area contributed by atoms with Crippen LogP contribution in [0.25, 0.3) is 0 Å². The first-order chi connectivity index (χ1) is 7.61. The van der Waals surface area contributed by atoms with Crippen molar-refractivity contribution < 1.29 is 5.11 Å². The molecule has 16 heavy (non-hydrogen) atoms. The summed E-state index contributed by atoms with van der Waals surface area (Å²) in [5, 5.41) is 10.9. The van der Waals surface area contributed by atoms with Crippen LogP contribution in [-0.4, -0.2) is 41.7 Å². The van der Waals surface area contributed by atoms with Gasteiger partial charge in [-0.05, 0) is 26.9 Å². The summed E-state index contributed by atoms with van der Waals surface area (Å²) in [6, 6.07) is 0. The summed E-state index contributed by atoms with van der Waals surface area (Å²) in [6.45, 7) is 4.43. The van der Waals surface area contributed by atoms with Gasteiger partial charge in [-0.1, -0.05) is 0 Å². The van der Waals surface area contributed by atoms with E-state index in [0.29, 0.717) is 5.92 Å². The Kier molecular flexibility index (Phi) is 3.59. The van der Waals surface area contributed by atoms with Crippen molar-refractivity contribution in [1.29, 1.82) is 0 Å². The number of thiazole rings is 1. The Hall–Kier alpha value is -0.490. The molecule has 2 atom stereocenters. The van der Waals surface area contributed by atoms with Crippen molar-refractivity contribution in [3.8, 4) is 0 Å². The molecular formula is C11H19N3OS. The predicted octanol–water partition coefficient (Wildman–Crippen LogP) is 0.863. The van der Waals surface area contributed by atoms with Gasteiger partial charge in [0.25, 0.3) is 0 Å². The van der Waals surface area contributed by atoms with E-state index in [1.54, 1.807) is 11.3 Å². The van der Waals surface area contributed by atoms with Gasteiger partial charge in [0.1, 0.15) is 6.10 Å². The number of aromatic nitrogens is 1. The first kappa shape index (κ1) is 12.0. The van der Waals surface area contributed by atoms with E-state index in [2.05, 4.69) is 16.9 Å². The summed E-state index contributed by atoms with van der Waals surface area (Å²) >= 11 is 1.62. The average molecular weight is 241 g/mol. The predicted molar refractivity (Wildman–Crippen MR) is 65.7 cm³/mol. The van der Waals surface area contributed by atoms with Crippen LogP contribution in [0.5, 0.6) is 0 Å². The normalized spacial score (nSPS) is 23.9. The van der Waals surface area contributed by atoms with Crippen LogP contribution in [0, 0.1) is 6.92 Å². The molecule has 1 aromatic heterocycles. The van der Waals surface area contributed by atoms with Crippen molar-refractivity contribution in [2.75, 3.05) is 26.7 Å². The van der Waals surface area contributed by atoms with Gasteiger partial charge < -0.3 is 15.7 Å². The molecule has 2 heterocycles. The van der Waals surface area contributed by atoms with E-state index in [-0.39, 0.29) is 6.54 Å². The number of nitrogens with two attached hydrogens (primary N) is 1. The van der Waals surface area contributed by atoms with Crippen molar-refractivity contribution in [2.45, 2.75) is 25.4 Å². The number of likely N-dealkylation sites (N-methyl/N-ethyl adjacent to an activating group) is 1. The van der Waals surface area contributed by atoms with Crippen LogP contribution in [0.15, 0.2) is 0 Å². The number of hydrogen-bond acceptors (Lipinski definition) is 5. The van der Waals surface area contributed by atoms with Gasteiger partial charge in [-0.25, -0.2) is 4.98 Å². The summed E-state index contributed by atoms with van der Waals surface area (Å²) in [7, 11) is 2.14. The minimum absolute atomic E-state index is 0.271. The van der Waals surface area contributed by atoms with Crippen LogP contribution in [0.3, 0.4) is 0 Å². The molecule has 1 aromatic rings. The van der Waals surface area contributed by atoms with E-state index < -0.39 is 6.10 Å². The molecule has 3 N–H and O–H groups in total. The Morgan fingerprint density at radius 1 is 1.69 bits per heavy atom. The van der Waals surface area contributed by atoms with Crippen molar-refractivity contribution in [1.82, 2.24) is 9.88 Å². The largest absolute Gasteiger partial charge is 0.386 e. The Balaban J connectivity index is 2.17. The van der Waals surface area contributed by atoms with Crippen molar-refractivity contribution in [3.63, 3.8) is 0 Å². The highest BCUT2D eigenvalue weighted by atomic mass is 32.1. The minimum Gasteiger partial charge on any atom is -0.386 e. The molecule has 1 fully saturated rings. The first-order valence-corrected chi connectivity index (χ1v) is 6.47. The maximum Gasteiger partial charge on any atom is 0.102 e. The maximum absolute atomic E-state index is 9.75. The lowest BCUT2D eigenvalue weighted by Gasteiger charge is -2.07. The number of aryl methyl sites for hydroxylation is 1. The molecule has 4 nitrogen and oxygen atoms in total. The highest BCUT2D eigenvalue weighted by molar-refractivity contribution is 7.11. The molecule has 0 saturated carbocycles. The topological polar surface area (TPSA) is 62.4 Å². The fourth-order valence-corrected chi connectivity index (χ4v) is 3.35. The third kappa shape index (κ3) is 2.27. The lowest BCUT2D eigenvalue weighted by Crippen LogP contribution is -2.13. The molecule has 0 bridgehead atoms. The monoisotopic (exact) mass is 241 g/mol. The number of hydrogen-bond donors (Lipinski definition) is 2. The van der Waals surface area contributed by atoms with Gasteiger partial charge >= 0.3 is 0 Å². The molecule has 0 aromatic carbocycles. The van der Waals surface area contributed by atoms with Gasteiger partial charge in [-0.3, -0.25) is 0 Å². The zero-order valence-corrected chi connectivity index (χ0v) is 10.6. The molecular weight excluding hydrogens is 222 g/mol. The first-order valence-electron chi connectivity index (χ1n) is 5.65. The number of aliphatic hydroxyl groups is 1. The minimum atomic E-state index is -0.551. The molecule has 2 unspecified atom stereocenters. The number of nitrogens with zero attached hydrogens (tertiary/aromatic N) is 2.